The van der Waals surface area contributed by atoms with Gasteiger partial charge in [-0.05, 0) is 18.1 Å². The van der Waals surface area contributed by atoms with Gasteiger partial charge in [0.15, 0.2) is 6.10 Å². The van der Waals surface area contributed by atoms with Gasteiger partial charge in [-0.25, -0.2) is 15.0 Å². The quantitative estimate of drug-likeness (QED) is 0.846. The van der Waals surface area contributed by atoms with E-state index < -0.39 is 12.3 Å². The van der Waals surface area contributed by atoms with Crippen LogP contribution in [0, 0.1) is 0 Å². The Morgan fingerprint density at radius 1 is 1.23 bits per heavy atom. The molecule has 0 spiro atoms. The Balaban J connectivity index is 2.05. The lowest BCUT2D eigenvalue weighted by atomic mass is 9.98. The highest BCUT2D eigenvalue weighted by Crippen LogP contribution is 2.38. The summed E-state index contributed by atoms with van der Waals surface area (Å²) in [5, 5.41) is 0. The molecule has 4 N–H and O–H groups in total. The topological polar surface area (TPSA) is 113 Å². The molecule has 0 fully saturated rings. The lowest BCUT2D eigenvalue weighted by Gasteiger charge is -2.25. The van der Waals surface area contributed by atoms with Crippen LogP contribution in [0.25, 0.3) is 11.4 Å². The van der Waals surface area contributed by atoms with Crippen molar-refractivity contribution in [2.75, 3.05) is 7.11 Å². The van der Waals surface area contributed by atoms with Gasteiger partial charge in [-0.2, -0.15) is 0 Å². The molecule has 0 saturated carbocycles. The third-order valence-electron chi connectivity index (χ3n) is 4.25. The van der Waals surface area contributed by atoms with E-state index in [1.807, 2.05) is 29.9 Å². The van der Waals surface area contributed by atoms with E-state index in [1.165, 1.54) is 0 Å². The number of rotatable bonds is 5. The lowest BCUT2D eigenvalue weighted by Crippen LogP contribution is -2.43. The molecule has 138 valence electrons. The third kappa shape index (κ3) is 3.41. The number of ether oxygens (including phenoxy) is 2. The number of aromatic nitrogens is 2. The number of imidazole rings is 1. The molecule has 3 rings (SSSR count). The zero-order valence-electron chi connectivity index (χ0n) is 15.4. The third-order valence-corrected chi connectivity index (χ3v) is 4.25. The molecule has 0 amide bonds. The number of hydrogen-bond donors (Lipinski definition) is 2. The molecule has 2 atom stereocenters. The molecule has 1 aliphatic rings. The van der Waals surface area contributed by atoms with Gasteiger partial charge in [-0.15, -0.1) is 0 Å². The molecule has 2 heterocycles. The summed E-state index contributed by atoms with van der Waals surface area (Å²) in [5.41, 5.74) is 13.5. The Hall–Kier alpha value is -2.87. The molecule has 1 aromatic carbocycles. The SMILES string of the molecule is COc1cc(C(C)C)c(OC2C=NC(N)=NC2N)cc1-c1nccn1C. The number of nitrogens with zero attached hydrogens (tertiary/aromatic N) is 4. The van der Waals surface area contributed by atoms with Crippen molar-refractivity contribution >= 4 is 12.2 Å². The smallest absolute Gasteiger partial charge is 0.216 e. The largest absolute Gasteiger partial charge is 0.496 e. The second-order valence-electron chi connectivity index (χ2n) is 6.45. The van der Waals surface area contributed by atoms with E-state index in [4.69, 9.17) is 20.9 Å². The minimum Gasteiger partial charge on any atom is -0.496 e. The van der Waals surface area contributed by atoms with E-state index in [1.54, 1.807) is 19.5 Å². The lowest BCUT2D eigenvalue weighted by molar-refractivity contribution is 0.237. The van der Waals surface area contributed by atoms with Crippen LogP contribution >= 0.6 is 0 Å². The van der Waals surface area contributed by atoms with Crippen LogP contribution in [0.3, 0.4) is 0 Å². The first-order valence-corrected chi connectivity index (χ1v) is 8.40. The maximum absolute atomic E-state index is 6.16. The fourth-order valence-corrected chi connectivity index (χ4v) is 2.84. The zero-order valence-corrected chi connectivity index (χ0v) is 15.4. The molecule has 1 aromatic heterocycles. The molecular weight excluding hydrogens is 332 g/mol. The molecule has 8 heteroatoms. The van der Waals surface area contributed by atoms with E-state index in [0.717, 1.165) is 22.7 Å². The second kappa shape index (κ2) is 7.17. The molecule has 1 aliphatic heterocycles. The standard InChI is InChI=1S/C18H24N6O2/c1-10(2)11-7-13(25-4)12(17-21-5-6-24(17)3)8-14(11)26-15-9-22-18(20)23-16(15)19/h5-10,15-16H,19H2,1-4H3,(H2,20,23). The van der Waals surface area contributed by atoms with Crippen molar-refractivity contribution in [1.82, 2.24) is 9.55 Å². The molecule has 0 saturated heterocycles. The molecule has 8 nitrogen and oxygen atoms in total. The highest BCUT2D eigenvalue weighted by Gasteiger charge is 2.24. The van der Waals surface area contributed by atoms with Gasteiger partial charge in [-0.1, -0.05) is 13.8 Å². The average molecular weight is 356 g/mol. The monoisotopic (exact) mass is 356 g/mol. The number of benzene rings is 1. The predicted molar refractivity (Wildman–Crippen MR) is 102 cm³/mol. The van der Waals surface area contributed by atoms with E-state index in [9.17, 15) is 0 Å². The molecule has 0 aliphatic carbocycles. The summed E-state index contributed by atoms with van der Waals surface area (Å²) in [5.74, 6) is 2.59. The first-order chi connectivity index (χ1) is 12.4. The summed E-state index contributed by atoms with van der Waals surface area (Å²) in [7, 11) is 3.58. The minimum absolute atomic E-state index is 0.157. The van der Waals surface area contributed by atoms with Crippen LogP contribution in [-0.2, 0) is 7.05 Å². The van der Waals surface area contributed by atoms with E-state index in [-0.39, 0.29) is 11.9 Å². The maximum atomic E-state index is 6.16. The van der Waals surface area contributed by atoms with Gasteiger partial charge in [0.25, 0.3) is 0 Å². The van der Waals surface area contributed by atoms with Crippen LogP contribution < -0.4 is 20.9 Å². The van der Waals surface area contributed by atoms with Gasteiger partial charge >= 0.3 is 0 Å². The summed E-state index contributed by atoms with van der Waals surface area (Å²) in [6, 6.07) is 3.91. The van der Waals surface area contributed by atoms with Crippen molar-refractivity contribution in [1.29, 1.82) is 0 Å². The van der Waals surface area contributed by atoms with Crippen LogP contribution in [0.4, 0.5) is 0 Å². The Morgan fingerprint density at radius 3 is 2.58 bits per heavy atom. The van der Waals surface area contributed by atoms with Crippen molar-refractivity contribution in [2.45, 2.75) is 32.0 Å². The van der Waals surface area contributed by atoms with E-state index >= 15 is 0 Å². The van der Waals surface area contributed by atoms with Gasteiger partial charge in [0.2, 0.25) is 5.96 Å². The Kier molecular flexibility index (Phi) is 4.94. The number of guanidine groups is 1. The molecule has 2 unspecified atom stereocenters. The zero-order chi connectivity index (χ0) is 18.8. The summed E-state index contributed by atoms with van der Waals surface area (Å²) >= 11 is 0. The fourth-order valence-electron chi connectivity index (χ4n) is 2.84. The van der Waals surface area contributed by atoms with Crippen molar-refractivity contribution in [3.05, 3.63) is 30.1 Å². The first kappa shape index (κ1) is 17.9. The molecule has 0 radical (unpaired) electrons. The summed E-state index contributed by atoms with van der Waals surface area (Å²) in [6.07, 6.45) is 4.11. The van der Waals surface area contributed by atoms with Crippen LogP contribution in [0.1, 0.15) is 25.3 Å². The normalized spacial score (nSPS) is 19.5. The van der Waals surface area contributed by atoms with Gasteiger partial charge in [-0.3, -0.25) is 0 Å². The molecule has 0 bridgehead atoms. The fraction of sp³-hybridized carbons (Fsp3) is 0.389. The number of nitrogens with two attached hydrogens (primary N) is 2. The van der Waals surface area contributed by atoms with Crippen LogP contribution in [-0.4, -0.2) is 41.1 Å². The summed E-state index contributed by atoms with van der Waals surface area (Å²) in [4.78, 5) is 12.5. The second-order valence-corrected chi connectivity index (χ2v) is 6.45. The Labute approximate surface area is 152 Å². The highest BCUT2D eigenvalue weighted by atomic mass is 16.5. The maximum Gasteiger partial charge on any atom is 0.216 e. The van der Waals surface area contributed by atoms with Crippen molar-refractivity contribution in [3.63, 3.8) is 0 Å². The predicted octanol–water partition coefficient (Wildman–Crippen LogP) is 1.65. The van der Waals surface area contributed by atoms with Crippen LogP contribution in [0.5, 0.6) is 11.5 Å². The van der Waals surface area contributed by atoms with Crippen LogP contribution in [0.15, 0.2) is 34.5 Å². The van der Waals surface area contributed by atoms with Crippen LogP contribution in [0.2, 0.25) is 0 Å². The van der Waals surface area contributed by atoms with Crippen molar-refractivity contribution < 1.29 is 9.47 Å². The van der Waals surface area contributed by atoms with Crippen molar-refractivity contribution in [2.24, 2.45) is 28.5 Å². The number of hydrogen-bond acceptors (Lipinski definition) is 7. The minimum atomic E-state index is -0.605. The Morgan fingerprint density at radius 2 is 2.00 bits per heavy atom. The van der Waals surface area contributed by atoms with Gasteiger partial charge in [0, 0.05) is 25.0 Å². The summed E-state index contributed by atoms with van der Waals surface area (Å²) < 4.78 is 13.7. The average Bonchev–Trinajstić information content (AvgIpc) is 3.02. The number of methoxy groups -OCH3 is 1. The van der Waals surface area contributed by atoms with Crippen molar-refractivity contribution in [3.8, 4) is 22.9 Å². The molecule has 26 heavy (non-hydrogen) atoms. The summed E-state index contributed by atoms with van der Waals surface area (Å²) in [6.45, 7) is 4.18. The van der Waals surface area contributed by atoms with E-state index in [0.29, 0.717) is 5.75 Å². The number of aryl methyl sites for hydroxylation is 1. The number of aliphatic imine (C=N–C) groups is 2. The highest BCUT2D eigenvalue weighted by molar-refractivity contribution is 5.90. The van der Waals surface area contributed by atoms with Gasteiger partial charge in [0.1, 0.15) is 23.5 Å². The van der Waals surface area contributed by atoms with Gasteiger partial charge in [0.05, 0.1) is 18.9 Å². The molecule has 2 aromatic rings. The van der Waals surface area contributed by atoms with Gasteiger partial charge < -0.3 is 25.5 Å². The first-order valence-electron chi connectivity index (χ1n) is 8.40. The van der Waals surface area contributed by atoms with E-state index in [2.05, 4.69) is 28.8 Å². The Bertz CT molecular complexity index is 855. The molecular formula is C18H24N6O2.